The number of carbonyl (C=O) groups excluding carboxylic acids is 1. The van der Waals surface area contributed by atoms with Crippen molar-refractivity contribution in [3.8, 4) is 0 Å². The van der Waals surface area contributed by atoms with Crippen LogP contribution >= 0.6 is 11.6 Å². The largest absolute Gasteiger partial charge is 0.384 e. The van der Waals surface area contributed by atoms with Crippen LogP contribution in [-0.4, -0.2) is 16.2 Å². The van der Waals surface area contributed by atoms with Crippen LogP contribution in [0.4, 0.5) is 16.3 Å². The van der Waals surface area contributed by atoms with E-state index in [0.717, 1.165) is 11.1 Å². The Bertz CT molecular complexity index is 596. The predicted molar refractivity (Wildman–Crippen MR) is 75.0 cm³/mol. The van der Waals surface area contributed by atoms with Gasteiger partial charge in [-0.1, -0.05) is 17.7 Å². The van der Waals surface area contributed by atoms with Gasteiger partial charge in [0.2, 0.25) is 0 Å². The van der Waals surface area contributed by atoms with Crippen LogP contribution in [0, 0.1) is 6.92 Å². The number of rotatable bonds is 3. The summed E-state index contributed by atoms with van der Waals surface area (Å²) in [6.45, 7) is 2.20. The van der Waals surface area contributed by atoms with Gasteiger partial charge in [0.25, 0.3) is 0 Å². The minimum atomic E-state index is -0.333. The summed E-state index contributed by atoms with van der Waals surface area (Å²) in [7, 11) is 0. The summed E-state index contributed by atoms with van der Waals surface area (Å²) in [6, 6.07) is 4.99. The molecule has 0 unspecified atom stereocenters. The van der Waals surface area contributed by atoms with Gasteiger partial charge in [0.05, 0.1) is 6.20 Å². The SMILES string of the molecule is Cc1ccc(NC(=O)NCc2cn[nH]c2N)cc1Cl. The van der Waals surface area contributed by atoms with Crippen LogP contribution in [0.1, 0.15) is 11.1 Å². The van der Waals surface area contributed by atoms with E-state index in [-0.39, 0.29) is 6.03 Å². The van der Waals surface area contributed by atoms with Gasteiger partial charge in [-0.05, 0) is 24.6 Å². The molecule has 2 aromatic rings. The second-order valence-electron chi connectivity index (χ2n) is 4.08. The average Bonchev–Trinajstić information content (AvgIpc) is 2.77. The van der Waals surface area contributed by atoms with Gasteiger partial charge >= 0.3 is 6.03 Å². The molecule has 0 fully saturated rings. The molecule has 19 heavy (non-hydrogen) atoms. The molecule has 6 nitrogen and oxygen atoms in total. The zero-order valence-corrected chi connectivity index (χ0v) is 11.1. The lowest BCUT2D eigenvalue weighted by Crippen LogP contribution is -2.28. The molecule has 2 amide bonds. The highest BCUT2D eigenvalue weighted by atomic mass is 35.5. The van der Waals surface area contributed by atoms with Gasteiger partial charge in [0.15, 0.2) is 0 Å². The maximum Gasteiger partial charge on any atom is 0.319 e. The van der Waals surface area contributed by atoms with E-state index in [1.165, 1.54) is 0 Å². The quantitative estimate of drug-likeness (QED) is 0.694. The van der Waals surface area contributed by atoms with E-state index in [9.17, 15) is 4.79 Å². The fourth-order valence-electron chi connectivity index (χ4n) is 1.48. The van der Waals surface area contributed by atoms with E-state index in [1.54, 1.807) is 18.3 Å². The molecule has 0 spiro atoms. The number of aryl methyl sites for hydroxylation is 1. The van der Waals surface area contributed by atoms with Crippen LogP contribution in [0.5, 0.6) is 0 Å². The summed E-state index contributed by atoms with van der Waals surface area (Å²) < 4.78 is 0. The second-order valence-corrected chi connectivity index (χ2v) is 4.49. The van der Waals surface area contributed by atoms with Gasteiger partial charge < -0.3 is 16.4 Å². The highest BCUT2D eigenvalue weighted by Crippen LogP contribution is 2.19. The summed E-state index contributed by atoms with van der Waals surface area (Å²) in [5, 5.41) is 12.3. The van der Waals surface area contributed by atoms with Crippen LogP contribution in [0.3, 0.4) is 0 Å². The Hall–Kier alpha value is -2.21. The number of aromatic amines is 1. The number of carbonyl (C=O) groups is 1. The summed E-state index contributed by atoms with van der Waals surface area (Å²) >= 11 is 5.98. The van der Waals surface area contributed by atoms with Crippen LogP contribution < -0.4 is 16.4 Å². The smallest absolute Gasteiger partial charge is 0.319 e. The van der Waals surface area contributed by atoms with Crippen molar-refractivity contribution >= 4 is 29.1 Å². The number of nitrogens with two attached hydrogens (primary N) is 1. The minimum Gasteiger partial charge on any atom is -0.384 e. The van der Waals surface area contributed by atoms with Crippen molar-refractivity contribution in [1.29, 1.82) is 0 Å². The molecule has 0 aliphatic rings. The van der Waals surface area contributed by atoms with E-state index < -0.39 is 0 Å². The monoisotopic (exact) mass is 279 g/mol. The van der Waals surface area contributed by atoms with Crippen LogP contribution in [0.15, 0.2) is 24.4 Å². The van der Waals surface area contributed by atoms with Gasteiger partial charge in [0, 0.05) is 22.8 Å². The number of H-pyrrole nitrogens is 1. The van der Waals surface area contributed by atoms with Crippen LogP contribution in [-0.2, 0) is 6.54 Å². The third kappa shape index (κ3) is 3.38. The van der Waals surface area contributed by atoms with Crippen molar-refractivity contribution < 1.29 is 4.79 Å². The Balaban J connectivity index is 1.91. The Morgan fingerprint density at radius 1 is 1.53 bits per heavy atom. The number of urea groups is 1. The first kappa shape index (κ1) is 13.2. The fourth-order valence-corrected chi connectivity index (χ4v) is 1.66. The number of benzene rings is 1. The Labute approximate surface area is 115 Å². The molecular formula is C12H14ClN5O. The lowest BCUT2D eigenvalue weighted by Gasteiger charge is -2.08. The lowest BCUT2D eigenvalue weighted by molar-refractivity contribution is 0.252. The molecule has 1 aromatic carbocycles. The fraction of sp³-hybridized carbons (Fsp3) is 0.167. The minimum absolute atomic E-state index is 0.299. The molecule has 0 saturated carbocycles. The van der Waals surface area contributed by atoms with Crippen molar-refractivity contribution in [2.24, 2.45) is 0 Å². The molecule has 0 atom stereocenters. The van der Waals surface area contributed by atoms with E-state index in [2.05, 4.69) is 20.8 Å². The zero-order valence-electron chi connectivity index (χ0n) is 10.3. The van der Waals surface area contributed by atoms with Crippen molar-refractivity contribution in [3.05, 3.63) is 40.5 Å². The molecule has 0 radical (unpaired) electrons. The molecule has 0 aliphatic heterocycles. The number of nitrogens with one attached hydrogen (secondary N) is 3. The van der Waals surface area contributed by atoms with Gasteiger partial charge in [-0.3, -0.25) is 5.10 Å². The number of aromatic nitrogens is 2. The van der Waals surface area contributed by atoms with Gasteiger partial charge in [-0.25, -0.2) is 4.79 Å². The summed E-state index contributed by atoms with van der Waals surface area (Å²) in [5.41, 5.74) is 7.93. The molecule has 1 heterocycles. The third-order valence-electron chi connectivity index (χ3n) is 2.62. The van der Waals surface area contributed by atoms with Gasteiger partial charge in [-0.15, -0.1) is 0 Å². The maximum absolute atomic E-state index is 11.7. The van der Waals surface area contributed by atoms with Crippen molar-refractivity contribution in [3.63, 3.8) is 0 Å². The number of hydrogen-bond acceptors (Lipinski definition) is 3. The van der Waals surface area contributed by atoms with E-state index in [4.69, 9.17) is 17.3 Å². The molecule has 0 aliphatic carbocycles. The van der Waals surface area contributed by atoms with E-state index >= 15 is 0 Å². The molecular weight excluding hydrogens is 266 g/mol. The summed E-state index contributed by atoms with van der Waals surface area (Å²) in [5.74, 6) is 0.443. The Morgan fingerprint density at radius 2 is 2.32 bits per heavy atom. The Morgan fingerprint density at radius 3 is 2.95 bits per heavy atom. The van der Waals surface area contributed by atoms with Crippen molar-refractivity contribution in [2.75, 3.05) is 11.1 Å². The molecule has 7 heteroatoms. The molecule has 100 valence electrons. The molecule has 0 saturated heterocycles. The van der Waals surface area contributed by atoms with E-state index in [0.29, 0.717) is 23.1 Å². The zero-order chi connectivity index (χ0) is 13.8. The first-order chi connectivity index (χ1) is 9.06. The topological polar surface area (TPSA) is 95.8 Å². The summed E-state index contributed by atoms with van der Waals surface area (Å²) in [6.07, 6.45) is 1.57. The average molecular weight is 280 g/mol. The number of halogens is 1. The number of amides is 2. The van der Waals surface area contributed by atoms with Crippen LogP contribution in [0.2, 0.25) is 5.02 Å². The van der Waals surface area contributed by atoms with Crippen LogP contribution in [0.25, 0.3) is 0 Å². The molecule has 1 aromatic heterocycles. The number of anilines is 2. The lowest BCUT2D eigenvalue weighted by atomic mass is 10.2. The Kier molecular flexibility index (Phi) is 3.91. The number of nitrogens with zero attached hydrogens (tertiary/aromatic N) is 1. The predicted octanol–water partition coefficient (Wildman–Crippen LogP) is 2.28. The van der Waals surface area contributed by atoms with Crippen molar-refractivity contribution in [1.82, 2.24) is 15.5 Å². The molecule has 0 bridgehead atoms. The van der Waals surface area contributed by atoms with Crippen molar-refractivity contribution in [2.45, 2.75) is 13.5 Å². The first-order valence-corrected chi connectivity index (χ1v) is 6.03. The normalized spacial score (nSPS) is 10.2. The van der Waals surface area contributed by atoms with Gasteiger partial charge in [0.1, 0.15) is 5.82 Å². The molecule has 2 rings (SSSR count). The summed E-state index contributed by atoms with van der Waals surface area (Å²) in [4.78, 5) is 11.7. The first-order valence-electron chi connectivity index (χ1n) is 5.65. The number of hydrogen-bond donors (Lipinski definition) is 4. The molecule has 5 N–H and O–H groups in total. The van der Waals surface area contributed by atoms with E-state index in [1.807, 2.05) is 13.0 Å². The maximum atomic E-state index is 11.7. The highest BCUT2D eigenvalue weighted by Gasteiger charge is 2.05. The van der Waals surface area contributed by atoms with Gasteiger partial charge in [-0.2, -0.15) is 5.10 Å². The highest BCUT2D eigenvalue weighted by molar-refractivity contribution is 6.31. The third-order valence-corrected chi connectivity index (χ3v) is 3.03. The number of nitrogen functional groups attached to an aromatic ring is 1. The standard InChI is InChI=1S/C12H14ClN5O/c1-7-2-3-9(4-10(7)13)17-12(19)15-5-8-6-16-18-11(8)14/h2-4,6H,5H2,1H3,(H3,14,16,18)(H2,15,17,19). The second kappa shape index (κ2) is 5.62.